The molecule has 1 unspecified atom stereocenters. The van der Waals surface area contributed by atoms with Crippen molar-refractivity contribution in [3.63, 3.8) is 0 Å². The van der Waals surface area contributed by atoms with E-state index >= 15 is 0 Å². The fraction of sp³-hybridized carbons (Fsp3) is 0.636. The van der Waals surface area contributed by atoms with Crippen LogP contribution in [0.5, 0.6) is 0 Å². The van der Waals surface area contributed by atoms with Gasteiger partial charge in [-0.25, -0.2) is 0 Å². The maximum absolute atomic E-state index is 11.9. The molecule has 0 aromatic carbocycles. The van der Waals surface area contributed by atoms with Gasteiger partial charge in [0, 0.05) is 10.8 Å². The molecule has 2 aliphatic heterocycles. The third-order valence-electron chi connectivity index (χ3n) is 2.84. The van der Waals surface area contributed by atoms with Crippen molar-refractivity contribution in [1.82, 2.24) is 0 Å². The van der Waals surface area contributed by atoms with Crippen molar-refractivity contribution < 1.29 is 4.21 Å². The summed E-state index contributed by atoms with van der Waals surface area (Å²) >= 11 is 0. The van der Waals surface area contributed by atoms with Gasteiger partial charge in [-0.3, -0.25) is 4.21 Å². The second kappa shape index (κ2) is 3.41. The van der Waals surface area contributed by atoms with E-state index in [9.17, 15) is 4.21 Å². The standard InChI is InChI=1S/C11H16OS/c1-8(2)7-11-9-3-5-10(6-4-9)13(11)12/h3,5,7,9-11H,4,6H2,1-2H3/t9-,10+,11-,13?/m0/s1. The minimum atomic E-state index is -0.650. The van der Waals surface area contributed by atoms with E-state index in [1.54, 1.807) is 0 Å². The molecular weight excluding hydrogens is 180 g/mol. The highest BCUT2D eigenvalue weighted by atomic mass is 32.2. The molecule has 2 heterocycles. The Bertz CT molecular complexity index is 286. The molecule has 3 rings (SSSR count). The van der Waals surface area contributed by atoms with Crippen molar-refractivity contribution in [3.8, 4) is 0 Å². The lowest BCUT2D eigenvalue weighted by molar-refractivity contribution is 0.510. The fourth-order valence-corrected chi connectivity index (χ4v) is 4.17. The quantitative estimate of drug-likeness (QED) is 0.589. The molecule has 13 heavy (non-hydrogen) atoms. The summed E-state index contributed by atoms with van der Waals surface area (Å²) in [7, 11) is -0.650. The number of fused-ring (bicyclic) bond motifs is 2. The second-order valence-corrected chi connectivity index (χ2v) is 6.01. The van der Waals surface area contributed by atoms with Crippen LogP contribution in [0, 0.1) is 5.92 Å². The van der Waals surface area contributed by atoms with Gasteiger partial charge >= 0.3 is 0 Å². The molecule has 1 saturated heterocycles. The number of rotatable bonds is 1. The predicted octanol–water partition coefficient (Wildman–Crippen LogP) is 2.42. The molecule has 2 bridgehead atoms. The molecule has 4 atom stereocenters. The molecular formula is C11H16OS. The average Bonchev–Trinajstić information content (AvgIpc) is 2.11. The van der Waals surface area contributed by atoms with Crippen LogP contribution >= 0.6 is 0 Å². The highest BCUT2D eigenvalue weighted by molar-refractivity contribution is 7.86. The minimum Gasteiger partial charge on any atom is -0.258 e. The normalized spacial score (nSPS) is 42.0. The van der Waals surface area contributed by atoms with Crippen molar-refractivity contribution in [2.24, 2.45) is 5.92 Å². The Kier molecular flexibility index (Phi) is 2.41. The predicted molar refractivity (Wildman–Crippen MR) is 57.0 cm³/mol. The molecule has 0 spiro atoms. The van der Waals surface area contributed by atoms with E-state index in [2.05, 4.69) is 32.1 Å². The van der Waals surface area contributed by atoms with Gasteiger partial charge in [-0.15, -0.1) is 0 Å². The number of hydrogen-bond acceptors (Lipinski definition) is 1. The Morgan fingerprint density at radius 1 is 1.38 bits per heavy atom. The van der Waals surface area contributed by atoms with Gasteiger partial charge in [0.15, 0.2) is 0 Å². The molecule has 1 fully saturated rings. The molecule has 0 radical (unpaired) electrons. The van der Waals surface area contributed by atoms with Crippen LogP contribution in [0.4, 0.5) is 0 Å². The van der Waals surface area contributed by atoms with E-state index in [-0.39, 0.29) is 0 Å². The van der Waals surface area contributed by atoms with Gasteiger partial charge in [0.05, 0.1) is 10.5 Å². The molecule has 0 amide bonds. The number of hydrogen-bond donors (Lipinski definition) is 0. The van der Waals surface area contributed by atoms with Crippen molar-refractivity contribution >= 4 is 10.8 Å². The zero-order valence-electron chi connectivity index (χ0n) is 8.19. The molecule has 3 aliphatic rings. The van der Waals surface area contributed by atoms with Gasteiger partial charge in [-0.1, -0.05) is 23.8 Å². The van der Waals surface area contributed by atoms with Crippen LogP contribution in [0.2, 0.25) is 0 Å². The van der Waals surface area contributed by atoms with Crippen LogP contribution in [-0.2, 0) is 10.8 Å². The lowest BCUT2D eigenvalue weighted by atomic mass is 9.91. The largest absolute Gasteiger partial charge is 0.258 e. The van der Waals surface area contributed by atoms with Crippen LogP contribution in [-0.4, -0.2) is 14.7 Å². The summed E-state index contributed by atoms with van der Waals surface area (Å²) in [4.78, 5) is 0. The smallest absolute Gasteiger partial charge is 0.0598 e. The summed E-state index contributed by atoms with van der Waals surface area (Å²) in [6.07, 6.45) is 8.96. The molecule has 0 aromatic rings. The SMILES string of the molecule is CC(C)=C[C@H]1[C@H]2C=C[C@H](CC2)S1=O. The lowest BCUT2D eigenvalue weighted by Crippen LogP contribution is -2.38. The monoisotopic (exact) mass is 196 g/mol. The van der Waals surface area contributed by atoms with Crippen LogP contribution in [0.1, 0.15) is 26.7 Å². The van der Waals surface area contributed by atoms with Gasteiger partial charge in [-0.2, -0.15) is 0 Å². The minimum absolute atomic E-state index is 0.300. The van der Waals surface area contributed by atoms with Crippen LogP contribution in [0.15, 0.2) is 23.8 Å². The summed E-state index contributed by atoms with van der Waals surface area (Å²) in [6.45, 7) is 4.17. The van der Waals surface area contributed by atoms with Crippen molar-refractivity contribution in [1.29, 1.82) is 0 Å². The summed E-state index contributed by atoms with van der Waals surface area (Å²) in [5, 5.41) is 0.638. The third-order valence-corrected chi connectivity index (χ3v) is 4.86. The first kappa shape index (κ1) is 9.20. The molecule has 72 valence electrons. The first-order valence-electron chi connectivity index (χ1n) is 4.91. The molecule has 0 N–H and O–H groups in total. The summed E-state index contributed by atoms with van der Waals surface area (Å²) < 4.78 is 11.9. The topological polar surface area (TPSA) is 17.1 Å². The molecule has 0 saturated carbocycles. The molecule has 2 heteroatoms. The van der Waals surface area contributed by atoms with Gasteiger partial charge < -0.3 is 0 Å². The van der Waals surface area contributed by atoms with E-state index in [1.165, 1.54) is 12.0 Å². The van der Waals surface area contributed by atoms with Gasteiger partial charge in [0.1, 0.15) is 0 Å². The van der Waals surface area contributed by atoms with E-state index in [0.717, 1.165) is 6.42 Å². The van der Waals surface area contributed by atoms with Crippen LogP contribution < -0.4 is 0 Å². The van der Waals surface area contributed by atoms with E-state index in [1.807, 2.05) is 0 Å². The van der Waals surface area contributed by atoms with E-state index in [4.69, 9.17) is 0 Å². The van der Waals surface area contributed by atoms with E-state index in [0.29, 0.717) is 16.4 Å². The first-order valence-corrected chi connectivity index (χ1v) is 6.19. The zero-order valence-corrected chi connectivity index (χ0v) is 9.01. The molecule has 0 aromatic heterocycles. The Balaban J connectivity index is 2.26. The fourth-order valence-electron chi connectivity index (χ4n) is 2.18. The maximum Gasteiger partial charge on any atom is 0.0598 e. The average molecular weight is 196 g/mol. The summed E-state index contributed by atoms with van der Waals surface area (Å²) in [5.41, 5.74) is 1.29. The summed E-state index contributed by atoms with van der Waals surface area (Å²) in [5.74, 6) is 0.542. The summed E-state index contributed by atoms with van der Waals surface area (Å²) in [6, 6.07) is 0. The Hall–Kier alpha value is -0.370. The molecule has 1 nitrogen and oxygen atoms in total. The Morgan fingerprint density at radius 2 is 2.15 bits per heavy atom. The van der Waals surface area contributed by atoms with Gasteiger partial charge in [0.2, 0.25) is 0 Å². The number of allylic oxidation sites excluding steroid dienone is 2. The van der Waals surface area contributed by atoms with Crippen LogP contribution in [0.3, 0.4) is 0 Å². The van der Waals surface area contributed by atoms with Gasteiger partial charge in [-0.05, 0) is 32.6 Å². The Morgan fingerprint density at radius 3 is 2.62 bits per heavy atom. The second-order valence-electron chi connectivity index (χ2n) is 4.20. The molecule has 1 aliphatic carbocycles. The first-order chi connectivity index (χ1) is 6.18. The highest BCUT2D eigenvalue weighted by Gasteiger charge is 2.36. The van der Waals surface area contributed by atoms with Gasteiger partial charge in [0.25, 0.3) is 0 Å². The van der Waals surface area contributed by atoms with Crippen molar-refractivity contribution in [2.75, 3.05) is 0 Å². The maximum atomic E-state index is 11.9. The lowest BCUT2D eigenvalue weighted by Gasteiger charge is -2.35. The zero-order chi connectivity index (χ0) is 9.42. The third kappa shape index (κ3) is 1.64. The van der Waals surface area contributed by atoms with Crippen molar-refractivity contribution in [2.45, 2.75) is 37.2 Å². The highest BCUT2D eigenvalue weighted by Crippen LogP contribution is 2.35. The van der Waals surface area contributed by atoms with Crippen LogP contribution in [0.25, 0.3) is 0 Å². The Labute approximate surface area is 82.4 Å². The van der Waals surface area contributed by atoms with E-state index < -0.39 is 10.8 Å². The van der Waals surface area contributed by atoms with Crippen molar-refractivity contribution in [3.05, 3.63) is 23.8 Å².